The number of carboxylic acids is 1. The Kier molecular flexibility index (Phi) is 4.03. The molecule has 0 bridgehead atoms. The number of aromatic nitrogens is 2. The fourth-order valence-electron chi connectivity index (χ4n) is 1.97. The standard InChI is InChI=1S/C12H18N4O3/c1-16-5-4-9(15-16)7-13-12(19)14-10(6-11(17)18)8-2-3-8/h4-5,8,10H,2-3,6-7H2,1H3,(H,17,18)(H2,13,14,19). The fraction of sp³-hybridized carbons (Fsp3) is 0.583. The van der Waals surface area contributed by atoms with Gasteiger partial charge >= 0.3 is 12.0 Å². The molecule has 1 heterocycles. The van der Waals surface area contributed by atoms with Crippen LogP contribution in [0, 0.1) is 5.92 Å². The van der Waals surface area contributed by atoms with E-state index in [9.17, 15) is 9.59 Å². The lowest BCUT2D eigenvalue weighted by molar-refractivity contribution is -0.137. The average Bonchev–Trinajstić information content (AvgIpc) is 3.09. The zero-order valence-corrected chi connectivity index (χ0v) is 10.8. The van der Waals surface area contributed by atoms with Gasteiger partial charge in [0.15, 0.2) is 0 Å². The van der Waals surface area contributed by atoms with Crippen molar-refractivity contribution in [3.8, 4) is 0 Å². The van der Waals surface area contributed by atoms with Gasteiger partial charge < -0.3 is 15.7 Å². The van der Waals surface area contributed by atoms with E-state index in [1.54, 1.807) is 17.9 Å². The van der Waals surface area contributed by atoms with E-state index < -0.39 is 5.97 Å². The van der Waals surface area contributed by atoms with Gasteiger partial charge in [-0.3, -0.25) is 9.48 Å². The molecule has 0 saturated heterocycles. The molecular weight excluding hydrogens is 248 g/mol. The molecule has 1 fully saturated rings. The van der Waals surface area contributed by atoms with Gasteiger partial charge in [0.05, 0.1) is 18.7 Å². The van der Waals surface area contributed by atoms with Crippen LogP contribution >= 0.6 is 0 Å². The number of aryl methyl sites for hydroxylation is 1. The Morgan fingerprint density at radius 3 is 2.84 bits per heavy atom. The summed E-state index contributed by atoms with van der Waals surface area (Å²) in [5.41, 5.74) is 0.763. The molecule has 1 unspecified atom stereocenters. The molecule has 1 saturated carbocycles. The van der Waals surface area contributed by atoms with Crippen LogP contribution < -0.4 is 10.6 Å². The number of amides is 2. The maximum Gasteiger partial charge on any atom is 0.315 e. The third-order valence-electron chi connectivity index (χ3n) is 3.10. The van der Waals surface area contributed by atoms with Gasteiger partial charge in [0.25, 0.3) is 0 Å². The number of urea groups is 1. The van der Waals surface area contributed by atoms with Crippen LogP contribution in [0.25, 0.3) is 0 Å². The van der Waals surface area contributed by atoms with Gasteiger partial charge in [0.2, 0.25) is 0 Å². The lowest BCUT2D eigenvalue weighted by atomic mass is 10.1. The molecule has 1 atom stereocenters. The molecule has 1 aliphatic carbocycles. The van der Waals surface area contributed by atoms with Crippen molar-refractivity contribution in [1.82, 2.24) is 20.4 Å². The molecule has 2 amide bonds. The van der Waals surface area contributed by atoms with E-state index in [-0.39, 0.29) is 18.5 Å². The molecule has 19 heavy (non-hydrogen) atoms. The molecule has 3 N–H and O–H groups in total. The van der Waals surface area contributed by atoms with Gasteiger partial charge in [0.1, 0.15) is 0 Å². The van der Waals surface area contributed by atoms with Crippen molar-refractivity contribution in [2.75, 3.05) is 0 Å². The Morgan fingerprint density at radius 1 is 1.58 bits per heavy atom. The largest absolute Gasteiger partial charge is 0.481 e. The number of rotatable bonds is 6. The number of aliphatic carboxylic acids is 1. The van der Waals surface area contributed by atoms with Gasteiger partial charge in [-0.15, -0.1) is 0 Å². The van der Waals surface area contributed by atoms with Gasteiger partial charge in [-0.2, -0.15) is 5.10 Å². The zero-order chi connectivity index (χ0) is 13.8. The Balaban J connectivity index is 1.77. The molecule has 0 spiro atoms. The second kappa shape index (κ2) is 5.73. The normalized spacial score (nSPS) is 15.8. The number of carbonyl (C=O) groups is 2. The van der Waals surface area contributed by atoms with Crippen molar-refractivity contribution in [2.24, 2.45) is 13.0 Å². The Hall–Kier alpha value is -2.05. The van der Waals surface area contributed by atoms with Gasteiger partial charge in [-0.05, 0) is 24.8 Å². The molecular formula is C12H18N4O3. The molecule has 7 nitrogen and oxygen atoms in total. The number of nitrogens with zero attached hydrogens (tertiary/aromatic N) is 2. The van der Waals surface area contributed by atoms with Gasteiger partial charge in [0, 0.05) is 19.3 Å². The topological polar surface area (TPSA) is 96.2 Å². The lowest BCUT2D eigenvalue weighted by Crippen LogP contribution is -2.43. The highest BCUT2D eigenvalue weighted by molar-refractivity contribution is 5.75. The molecule has 104 valence electrons. The molecule has 1 aromatic heterocycles. The Morgan fingerprint density at radius 2 is 2.32 bits per heavy atom. The monoisotopic (exact) mass is 266 g/mol. The smallest absolute Gasteiger partial charge is 0.315 e. The molecule has 1 aromatic rings. The van der Waals surface area contributed by atoms with Crippen LogP contribution in [-0.2, 0) is 18.4 Å². The summed E-state index contributed by atoms with van der Waals surface area (Å²) >= 11 is 0. The van der Waals surface area contributed by atoms with Crippen LogP contribution in [-0.4, -0.2) is 32.9 Å². The third-order valence-corrected chi connectivity index (χ3v) is 3.10. The predicted molar refractivity (Wildman–Crippen MR) is 67.3 cm³/mol. The van der Waals surface area contributed by atoms with Crippen molar-refractivity contribution in [2.45, 2.75) is 31.8 Å². The average molecular weight is 266 g/mol. The summed E-state index contributed by atoms with van der Waals surface area (Å²) in [6.07, 6.45) is 3.74. The second-order valence-electron chi connectivity index (χ2n) is 4.85. The van der Waals surface area contributed by atoms with E-state index >= 15 is 0 Å². The highest BCUT2D eigenvalue weighted by Gasteiger charge is 2.33. The summed E-state index contributed by atoms with van der Waals surface area (Å²) in [4.78, 5) is 22.4. The van der Waals surface area contributed by atoms with Crippen LogP contribution in [0.3, 0.4) is 0 Å². The highest BCUT2D eigenvalue weighted by Crippen LogP contribution is 2.33. The quantitative estimate of drug-likeness (QED) is 0.697. The third kappa shape index (κ3) is 4.27. The summed E-state index contributed by atoms with van der Waals surface area (Å²) in [6, 6.07) is 1.20. The molecule has 0 radical (unpaired) electrons. The van der Waals surface area contributed by atoms with E-state index in [4.69, 9.17) is 5.11 Å². The van der Waals surface area contributed by atoms with Crippen LogP contribution in [0.4, 0.5) is 4.79 Å². The van der Waals surface area contributed by atoms with Crippen LogP contribution in [0.15, 0.2) is 12.3 Å². The minimum absolute atomic E-state index is 0.0261. The molecule has 0 aliphatic heterocycles. The SMILES string of the molecule is Cn1ccc(CNC(=O)NC(CC(=O)O)C2CC2)n1. The van der Waals surface area contributed by atoms with Crippen molar-refractivity contribution in [3.05, 3.63) is 18.0 Å². The molecule has 0 aromatic carbocycles. The summed E-state index contributed by atoms with van der Waals surface area (Å²) in [6.45, 7) is 0.330. The van der Waals surface area contributed by atoms with Crippen molar-refractivity contribution in [3.63, 3.8) is 0 Å². The maximum absolute atomic E-state index is 11.7. The minimum Gasteiger partial charge on any atom is -0.481 e. The van der Waals surface area contributed by atoms with E-state index in [1.807, 2.05) is 6.07 Å². The summed E-state index contributed by atoms with van der Waals surface area (Å²) in [5, 5.41) is 18.3. The number of hydrogen-bond donors (Lipinski definition) is 3. The molecule has 1 aliphatic rings. The second-order valence-corrected chi connectivity index (χ2v) is 4.85. The van der Waals surface area contributed by atoms with Crippen LogP contribution in [0.1, 0.15) is 25.0 Å². The molecule has 2 rings (SSSR count). The first-order valence-corrected chi connectivity index (χ1v) is 6.29. The predicted octanol–water partition coefficient (Wildman–Crippen LogP) is 0.473. The number of carbonyl (C=O) groups excluding carboxylic acids is 1. The highest BCUT2D eigenvalue weighted by atomic mass is 16.4. The van der Waals surface area contributed by atoms with Gasteiger partial charge in [-0.25, -0.2) is 4.79 Å². The summed E-state index contributed by atoms with van der Waals surface area (Å²) in [5.74, 6) is -0.585. The van der Waals surface area contributed by atoms with E-state index in [0.29, 0.717) is 12.5 Å². The Bertz CT molecular complexity index is 467. The zero-order valence-electron chi connectivity index (χ0n) is 10.8. The first-order chi connectivity index (χ1) is 9.04. The minimum atomic E-state index is -0.887. The number of carboxylic acid groups (broad SMARTS) is 1. The first kappa shape index (κ1) is 13.4. The van der Waals surface area contributed by atoms with Crippen molar-refractivity contribution < 1.29 is 14.7 Å². The maximum atomic E-state index is 11.7. The first-order valence-electron chi connectivity index (χ1n) is 6.29. The molecule has 7 heteroatoms. The van der Waals surface area contributed by atoms with E-state index in [2.05, 4.69) is 15.7 Å². The number of hydrogen-bond acceptors (Lipinski definition) is 3. The van der Waals surface area contributed by atoms with Crippen molar-refractivity contribution >= 4 is 12.0 Å². The van der Waals surface area contributed by atoms with E-state index in [1.165, 1.54) is 0 Å². The van der Waals surface area contributed by atoms with Crippen molar-refractivity contribution in [1.29, 1.82) is 0 Å². The van der Waals surface area contributed by atoms with E-state index in [0.717, 1.165) is 18.5 Å². The summed E-state index contributed by atoms with van der Waals surface area (Å²) in [7, 11) is 1.81. The van der Waals surface area contributed by atoms with Gasteiger partial charge in [-0.1, -0.05) is 0 Å². The lowest BCUT2D eigenvalue weighted by Gasteiger charge is -2.16. The Labute approximate surface area is 111 Å². The summed E-state index contributed by atoms with van der Waals surface area (Å²) < 4.78 is 1.66. The van der Waals surface area contributed by atoms with Crippen LogP contribution in [0.5, 0.6) is 0 Å². The fourth-order valence-corrected chi connectivity index (χ4v) is 1.97. The number of nitrogens with one attached hydrogen (secondary N) is 2. The van der Waals surface area contributed by atoms with Crippen LogP contribution in [0.2, 0.25) is 0 Å².